The van der Waals surface area contributed by atoms with Crippen molar-refractivity contribution in [3.05, 3.63) is 72.2 Å². The van der Waals surface area contributed by atoms with Gasteiger partial charge in [0.1, 0.15) is 11.7 Å². The molecule has 0 radical (unpaired) electrons. The lowest BCUT2D eigenvalue weighted by Crippen LogP contribution is -2.50. The van der Waals surface area contributed by atoms with Crippen LogP contribution in [0, 0.1) is 11.3 Å². The Morgan fingerprint density at radius 3 is 2.65 bits per heavy atom. The summed E-state index contributed by atoms with van der Waals surface area (Å²) in [5.74, 6) is 0. The van der Waals surface area contributed by atoms with Gasteiger partial charge in [-0.2, -0.15) is 10.4 Å². The monoisotopic (exact) mass is 533 g/mol. The van der Waals surface area contributed by atoms with Crippen LogP contribution < -0.4 is 10.2 Å². The normalized spacial score (nSPS) is 14.9. The molecule has 0 aliphatic carbocycles. The molecule has 1 N–H and O–H groups in total. The number of ether oxygens (including phenoxy) is 1. The number of amides is 1. The predicted octanol–water partition coefficient (Wildman–Crippen LogP) is 5.43. The molecule has 9 heteroatoms. The maximum absolute atomic E-state index is 12.4. The van der Waals surface area contributed by atoms with Crippen molar-refractivity contribution < 1.29 is 9.53 Å². The first-order valence-corrected chi connectivity index (χ1v) is 13.5. The van der Waals surface area contributed by atoms with Crippen LogP contribution in [0.3, 0.4) is 0 Å². The Balaban J connectivity index is 1.23. The summed E-state index contributed by atoms with van der Waals surface area (Å²) in [4.78, 5) is 21.1. The number of aromatic nitrogens is 3. The number of hydrogen-bond donors (Lipinski definition) is 1. The zero-order valence-electron chi connectivity index (χ0n) is 22.9. The van der Waals surface area contributed by atoms with Gasteiger partial charge < -0.3 is 19.9 Å². The Morgan fingerprint density at radius 2 is 1.88 bits per heavy atom. The second-order valence-electron chi connectivity index (χ2n) is 11.0. The van der Waals surface area contributed by atoms with E-state index in [2.05, 4.69) is 45.7 Å². The Morgan fingerprint density at radius 1 is 1.05 bits per heavy atom. The van der Waals surface area contributed by atoms with Gasteiger partial charge in [0.25, 0.3) is 0 Å². The van der Waals surface area contributed by atoms with Crippen molar-refractivity contribution in [2.45, 2.75) is 26.4 Å². The van der Waals surface area contributed by atoms with Crippen molar-refractivity contribution in [3.63, 3.8) is 0 Å². The highest BCUT2D eigenvalue weighted by molar-refractivity contribution is 5.89. The number of nitriles is 1. The van der Waals surface area contributed by atoms with Gasteiger partial charge >= 0.3 is 6.09 Å². The average Bonchev–Trinajstić information content (AvgIpc) is 3.39. The number of carbonyl (C=O) groups excluding carboxylic acids is 1. The smallest absolute Gasteiger partial charge is 0.410 e. The Kier molecular flexibility index (Phi) is 6.39. The van der Waals surface area contributed by atoms with Crippen LogP contribution in [0.4, 0.5) is 16.2 Å². The summed E-state index contributed by atoms with van der Waals surface area (Å²) in [6.07, 6.45) is 9.59. The maximum atomic E-state index is 12.4. The Bertz CT molecular complexity index is 1670. The van der Waals surface area contributed by atoms with Gasteiger partial charge in [-0.3, -0.25) is 0 Å². The van der Waals surface area contributed by atoms with Gasteiger partial charge in [0, 0.05) is 67.5 Å². The molecular formula is C31H31N7O2. The van der Waals surface area contributed by atoms with Crippen molar-refractivity contribution in [2.24, 2.45) is 0 Å². The molecule has 40 heavy (non-hydrogen) atoms. The molecule has 0 bridgehead atoms. The summed E-state index contributed by atoms with van der Waals surface area (Å²) in [6.45, 7) is 8.76. The van der Waals surface area contributed by atoms with Crippen LogP contribution in [0.25, 0.3) is 34.0 Å². The molecule has 2 aromatic carbocycles. The van der Waals surface area contributed by atoms with Crippen molar-refractivity contribution in [2.75, 3.05) is 42.9 Å². The highest BCUT2D eigenvalue weighted by Gasteiger charge is 2.27. The summed E-state index contributed by atoms with van der Waals surface area (Å²) in [6, 6.07) is 14.5. The van der Waals surface area contributed by atoms with Crippen molar-refractivity contribution in [1.29, 1.82) is 5.26 Å². The number of benzene rings is 2. The predicted molar refractivity (Wildman–Crippen MR) is 156 cm³/mol. The summed E-state index contributed by atoms with van der Waals surface area (Å²) in [5, 5.41) is 18.0. The first kappa shape index (κ1) is 25.4. The number of piperazine rings is 1. The molecule has 1 fully saturated rings. The fourth-order valence-electron chi connectivity index (χ4n) is 5.23. The van der Waals surface area contributed by atoms with Crippen LogP contribution in [0.5, 0.6) is 0 Å². The Labute approximate surface area is 233 Å². The lowest BCUT2D eigenvalue weighted by molar-refractivity contribution is 0.0240. The van der Waals surface area contributed by atoms with E-state index in [-0.39, 0.29) is 6.09 Å². The third-order valence-electron chi connectivity index (χ3n) is 7.17. The molecule has 2 aliphatic rings. The largest absolute Gasteiger partial charge is 0.444 e. The summed E-state index contributed by atoms with van der Waals surface area (Å²) < 4.78 is 7.30. The highest BCUT2D eigenvalue weighted by atomic mass is 16.6. The van der Waals surface area contributed by atoms with E-state index in [1.54, 1.807) is 9.42 Å². The zero-order chi connectivity index (χ0) is 27.9. The number of anilines is 2. The number of nitrogens with one attached hydrogen (secondary N) is 1. The van der Waals surface area contributed by atoms with Crippen molar-refractivity contribution >= 4 is 29.2 Å². The summed E-state index contributed by atoms with van der Waals surface area (Å²) in [7, 11) is 0. The van der Waals surface area contributed by atoms with E-state index in [9.17, 15) is 10.1 Å². The van der Waals surface area contributed by atoms with Crippen LogP contribution >= 0.6 is 0 Å². The molecule has 0 atom stereocenters. The van der Waals surface area contributed by atoms with Crippen molar-refractivity contribution in [3.8, 4) is 28.3 Å². The fourth-order valence-corrected chi connectivity index (χ4v) is 5.23. The van der Waals surface area contributed by atoms with Crippen molar-refractivity contribution in [1.82, 2.24) is 19.5 Å². The lowest BCUT2D eigenvalue weighted by atomic mass is 9.98. The minimum Gasteiger partial charge on any atom is -0.444 e. The molecule has 9 nitrogen and oxygen atoms in total. The number of carbonyl (C=O) groups is 1. The molecule has 4 aromatic rings. The molecule has 4 heterocycles. The number of hydrogen-bond acceptors (Lipinski definition) is 7. The van der Waals surface area contributed by atoms with Gasteiger partial charge in [0.2, 0.25) is 0 Å². The second kappa shape index (κ2) is 10.0. The van der Waals surface area contributed by atoms with Crippen LogP contribution in [0.1, 0.15) is 31.9 Å². The SMILES string of the molecule is CC(C)(C)OC(=O)N1CCN(c2ccc(-c3cnc4c(-c5cccc6c5C=CCN6)cnn4c3)cc2C#N)CC1. The topological polar surface area (TPSA) is 98.8 Å². The van der Waals surface area contributed by atoms with E-state index in [1.807, 2.05) is 63.6 Å². The zero-order valence-corrected chi connectivity index (χ0v) is 22.9. The minimum atomic E-state index is -0.524. The third kappa shape index (κ3) is 4.84. The fraction of sp³-hybridized carbons (Fsp3) is 0.290. The molecule has 6 rings (SSSR count). The van der Waals surface area contributed by atoms with E-state index in [0.29, 0.717) is 31.7 Å². The first-order valence-electron chi connectivity index (χ1n) is 13.5. The van der Waals surface area contributed by atoms with Crippen LogP contribution in [-0.2, 0) is 4.74 Å². The van der Waals surface area contributed by atoms with Gasteiger partial charge in [-0.1, -0.05) is 30.4 Å². The third-order valence-corrected chi connectivity index (χ3v) is 7.17. The first-order chi connectivity index (χ1) is 19.3. The van der Waals surface area contributed by atoms with E-state index in [0.717, 1.165) is 51.4 Å². The van der Waals surface area contributed by atoms with Gasteiger partial charge in [0.05, 0.1) is 17.4 Å². The number of nitrogens with zero attached hydrogens (tertiary/aromatic N) is 6. The van der Waals surface area contributed by atoms with E-state index >= 15 is 0 Å². The molecule has 202 valence electrons. The van der Waals surface area contributed by atoms with E-state index in [4.69, 9.17) is 9.72 Å². The minimum absolute atomic E-state index is 0.298. The molecule has 2 aromatic heterocycles. The number of rotatable bonds is 3. The molecule has 1 saturated heterocycles. The molecule has 0 unspecified atom stereocenters. The molecule has 0 spiro atoms. The lowest BCUT2D eigenvalue weighted by Gasteiger charge is -2.37. The van der Waals surface area contributed by atoms with Gasteiger partial charge in [-0.15, -0.1) is 0 Å². The summed E-state index contributed by atoms with van der Waals surface area (Å²) >= 11 is 0. The molecule has 0 saturated carbocycles. The molecular weight excluding hydrogens is 502 g/mol. The van der Waals surface area contributed by atoms with E-state index < -0.39 is 5.60 Å². The standard InChI is InChI=1S/C31H31N7O2/c1-31(2,3)40-30(39)37-14-12-36(13-15-37)28-10-9-21(16-22(28)17-32)23-18-34-29-26(19-35-38(29)20-23)24-6-4-8-27-25(24)7-5-11-33-27/h4-10,16,18-20,33H,11-15H2,1-3H3. The maximum Gasteiger partial charge on any atom is 0.410 e. The average molecular weight is 534 g/mol. The summed E-state index contributed by atoms with van der Waals surface area (Å²) in [5.41, 5.74) is 7.75. The number of fused-ring (bicyclic) bond motifs is 2. The van der Waals surface area contributed by atoms with Crippen LogP contribution in [0.2, 0.25) is 0 Å². The highest BCUT2D eigenvalue weighted by Crippen LogP contribution is 2.35. The van der Waals surface area contributed by atoms with Gasteiger partial charge in [-0.25, -0.2) is 14.3 Å². The molecule has 1 amide bonds. The Hall–Kier alpha value is -4.84. The van der Waals surface area contributed by atoms with E-state index in [1.165, 1.54) is 0 Å². The molecule has 2 aliphatic heterocycles. The van der Waals surface area contributed by atoms with Gasteiger partial charge in [-0.05, 0) is 50.1 Å². The van der Waals surface area contributed by atoms with Gasteiger partial charge in [0.15, 0.2) is 5.65 Å². The van der Waals surface area contributed by atoms with Crippen LogP contribution in [-0.4, -0.2) is 63.9 Å². The quantitative estimate of drug-likeness (QED) is 0.375. The van der Waals surface area contributed by atoms with Crippen LogP contribution in [0.15, 0.2) is 61.1 Å². The second-order valence-corrected chi connectivity index (χ2v) is 11.0.